The molecule has 0 aromatic rings. The minimum Gasteiger partial charge on any atom is -0.481 e. The van der Waals surface area contributed by atoms with Gasteiger partial charge in [0.05, 0.1) is 12.5 Å². The lowest BCUT2D eigenvalue weighted by atomic mass is 9.91. The van der Waals surface area contributed by atoms with Crippen LogP contribution >= 0.6 is 0 Å². The number of hydrogen-bond acceptors (Lipinski definition) is 5. The number of carboxylic acid groups (broad SMARTS) is 1. The van der Waals surface area contributed by atoms with Crippen molar-refractivity contribution in [3.8, 4) is 0 Å². The molecule has 6 heteroatoms. The zero-order valence-corrected chi connectivity index (χ0v) is 9.00. The lowest BCUT2D eigenvalue weighted by Crippen LogP contribution is -2.29. The predicted octanol–water partition coefficient (Wildman–Crippen LogP) is -0.618. The van der Waals surface area contributed by atoms with Crippen LogP contribution in [-0.4, -0.2) is 46.1 Å². The number of carboxylic acids is 1. The molecule has 4 unspecified atom stereocenters. The maximum Gasteiger partial charge on any atom is 0.303 e. The molecular weight excluding hydrogens is 216 g/mol. The summed E-state index contributed by atoms with van der Waals surface area (Å²) >= 11 is 0. The van der Waals surface area contributed by atoms with Crippen LogP contribution in [0.5, 0.6) is 0 Å². The van der Waals surface area contributed by atoms with E-state index in [4.69, 9.17) is 14.9 Å². The van der Waals surface area contributed by atoms with E-state index in [0.717, 1.165) is 0 Å². The molecule has 92 valence electrons. The van der Waals surface area contributed by atoms with Gasteiger partial charge in [-0.15, -0.1) is 0 Å². The monoisotopic (exact) mass is 232 g/mol. The second kappa shape index (κ2) is 5.27. The van der Waals surface area contributed by atoms with E-state index in [2.05, 4.69) is 0 Å². The summed E-state index contributed by atoms with van der Waals surface area (Å²) in [5.41, 5.74) is 0. The number of hydrogen-bond donors (Lipinski definition) is 3. The molecule has 0 bridgehead atoms. The summed E-state index contributed by atoms with van der Waals surface area (Å²) < 4.78 is 4.95. The molecule has 0 aromatic carbocycles. The lowest BCUT2D eigenvalue weighted by molar-refractivity contribution is -0.149. The number of aliphatic hydroxyl groups is 2. The van der Waals surface area contributed by atoms with E-state index in [0.29, 0.717) is 0 Å². The van der Waals surface area contributed by atoms with Gasteiger partial charge in [0.2, 0.25) is 0 Å². The van der Waals surface area contributed by atoms with Gasteiger partial charge in [-0.05, 0) is 0 Å². The van der Waals surface area contributed by atoms with Crippen LogP contribution in [-0.2, 0) is 14.3 Å². The van der Waals surface area contributed by atoms with Crippen LogP contribution in [0.4, 0.5) is 0 Å². The Labute approximate surface area is 92.8 Å². The van der Waals surface area contributed by atoms with Gasteiger partial charge in [0.1, 0.15) is 6.10 Å². The van der Waals surface area contributed by atoms with Crippen molar-refractivity contribution < 1.29 is 29.6 Å². The van der Waals surface area contributed by atoms with Crippen LogP contribution in [0.3, 0.4) is 0 Å². The SMILES string of the molecule is CC(=O)OC1CC(O)C(CC(=O)O)C1CO. The molecule has 0 radical (unpaired) electrons. The molecular formula is C10H16O6. The Bertz CT molecular complexity index is 276. The van der Waals surface area contributed by atoms with Crippen molar-refractivity contribution in [1.29, 1.82) is 0 Å². The fourth-order valence-corrected chi connectivity index (χ4v) is 2.24. The normalized spacial score (nSPS) is 33.7. The maximum absolute atomic E-state index is 10.8. The van der Waals surface area contributed by atoms with E-state index in [-0.39, 0.29) is 19.4 Å². The van der Waals surface area contributed by atoms with E-state index in [1.807, 2.05) is 0 Å². The summed E-state index contributed by atoms with van der Waals surface area (Å²) in [4.78, 5) is 21.4. The summed E-state index contributed by atoms with van der Waals surface area (Å²) in [7, 11) is 0. The standard InChI is InChI=1S/C10H16O6/c1-5(12)16-9-3-8(13)6(2-10(14)15)7(9)4-11/h6-9,11,13H,2-4H2,1H3,(H,14,15). The first-order valence-corrected chi connectivity index (χ1v) is 5.13. The van der Waals surface area contributed by atoms with Gasteiger partial charge in [0.25, 0.3) is 0 Å². The fraction of sp³-hybridized carbons (Fsp3) is 0.800. The molecule has 16 heavy (non-hydrogen) atoms. The molecule has 0 aliphatic heterocycles. The van der Waals surface area contributed by atoms with Crippen molar-refractivity contribution in [2.75, 3.05) is 6.61 Å². The van der Waals surface area contributed by atoms with Gasteiger partial charge in [-0.1, -0.05) is 0 Å². The minimum absolute atomic E-state index is 0.183. The van der Waals surface area contributed by atoms with E-state index in [1.165, 1.54) is 6.92 Å². The third-order valence-corrected chi connectivity index (χ3v) is 2.93. The van der Waals surface area contributed by atoms with Gasteiger partial charge in [-0.3, -0.25) is 9.59 Å². The molecule has 0 spiro atoms. The van der Waals surface area contributed by atoms with E-state index in [9.17, 15) is 14.7 Å². The first-order valence-electron chi connectivity index (χ1n) is 5.13. The first-order chi connectivity index (χ1) is 7.45. The van der Waals surface area contributed by atoms with Crippen molar-refractivity contribution in [1.82, 2.24) is 0 Å². The molecule has 1 saturated carbocycles. The lowest BCUT2D eigenvalue weighted by Gasteiger charge is -2.21. The Morgan fingerprint density at radius 3 is 2.44 bits per heavy atom. The maximum atomic E-state index is 10.8. The molecule has 1 aliphatic rings. The van der Waals surface area contributed by atoms with Gasteiger partial charge in [-0.25, -0.2) is 0 Å². The van der Waals surface area contributed by atoms with Crippen molar-refractivity contribution >= 4 is 11.9 Å². The third kappa shape index (κ3) is 2.93. The molecule has 0 saturated heterocycles. The zero-order chi connectivity index (χ0) is 12.3. The van der Waals surface area contributed by atoms with Crippen molar-refractivity contribution in [3.05, 3.63) is 0 Å². The molecule has 1 aliphatic carbocycles. The molecule has 6 nitrogen and oxygen atoms in total. The summed E-state index contributed by atoms with van der Waals surface area (Å²) in [6, 6.07) is 0. The second-order valence-corrected chi connectivity index (χ2v) is 4.06. The van der Waals surface area contributed by atoms with Gasteiger partial charge in [0, 0.05) is 31.8 Å². The molecule has 4 atom stereocenters. The van der Waals surface area contributed by atoms with Crippen molar-refractivity contribution in [3.63, 3.8) is 0 Å². The van der Waals surface area contributed by atoms with E-state index >= 15 is 0 Å². The van der Waals surface area contributed by atoms with Crippen LogP contribution in [0.1, 0.15) is 19.8 Å². The minimum atomic E-state index is -1.04. The Kier molecular flexibility index (Phi) is 4.26. The predicted molar refractivity (Wildman–Crippen MR) is 52.5 cm³/mol. The highest BCUT2D eigenvalue weighted by atomic mass is 16.5. The number of carbonyl (C=O) groups is 2. The quantitative estimate of drug-likeness (QED) is 0.558. The number of esters is 1. The van der Waals surface area contributed by atoms with Crippen LogP contribution in [0.15, 0.2) is 0 Å². The summed E-state index contributed by atoms with van der Waals surface area (Å²) in [5.74, 6) is -2.60. The Balaban J connectivity index is 2.70. The van der Waals surface area contributed by atoms with Crippen molar-refractivity contribution in [2.45, 2.75) is 32.0 Å². The van der Waals surface area contributed by atoms with Crippen molar-refractivity contribution in [2.24, 2.45) is 11.8 Å². The molecule has 0 aromatic heterocycles. The van der Waals surface area contributed by atoms with E-state index in [1.54, 1.807) is 0 Å². The molecule has 0 amide bonds. The van der Waals surface area contributed by atoms with Gasteiger partial charge in [-0.2, -0.15) is 0 Å². The molecule has 1 rings (SSSR count). The molecule has 3 N–H and O–H groups in total. The van der Waals surface area contributed by atoms with E-state index < -0.39 is 36.0 Å². The van der Waals surface area contributed by atoms with Gasteiger partial charge < -0.3 is 20.1 Å². The Morgan fingerprint density at radius 1 is 1.38 bits per heavy atom. The number of ether oxygens (including phenoxy) is 1. The van der Waals surface area contributed by atoms with Gasteiger partial charge in [0.15, 0.2) is 0 Å². The summed E-state index contributed by atoms with van der Waals surface area (Å²) in [6.45, 7) is 0.943. The highest BCUT2D eigenvalue weighted by Crippen LogP contribution is 2.36. The smallest absolute Gasteiger partial charge is 0.303 e. The third-order valence-electron chi connectivity index (χ3n) is 2.93. The largest absolute Gasteiger partial charge is 0.481 e. The average molecular weight is 232 g/mol. The number of aliphatic carboxylic acids is 1. The van der Waals surface area contributed by atoms with Gasteiger partial charge >= 0.3 is 11.9 Å². The topological polar surface area (TPSA) is 104 Å². The Hall–Kier alpha value is -1.14. The number of aliphatic hydroxyl groups excluding tert-OH is 2. The summed E-state index contributed by atoms with van der Waals surface area (Å²) in [5, 5.41) is 27.5. The molecule has 1 fully saturated rings. The fourth-order valence-electron chi connectivity index (χ4n) is 2.24. The van der Waals surface area contributed by atoms with Crippen LogP contribution in [0.2, 0.25) is 0 Å². The second-order valence-electron chi connectivity index (χ2n) is 4.06. The molecule has 0 heterocycles. The highest BCUT2D eigenvalue weighted by molar-refractivity contribution is 5.67. The van der Waals surface area contributed by atoms with Crippen LogP contribution in [0, 0.1) is 11.8 Å². The van der Waals surface area contributed by atoms with Crippen LogP contribution in [0.25, 0.3) is 0 Å². The average Bonchev–Trinajstić information content (AvgIpc) is 2.41. The Morgan fingerprint density at radius 2 is 2.00 bits per heavy atom. The highest BCUT2D eigenvalue weighted by Gasteiger charge is 2.44. The summed E-state index contributed by atoms with van der Waals surface area (Å²) in [6.07, 6.45) is -1.49. The van der Waals surface area contributed by atoms with Crippen LogP contribution < -0.4 is 0 Å². The zero-order valence-electron chi connectivity index (χ0n) is 9.00. The number of rotatable bonds is 4. The first kappa shape index (κ1) is 12.9. The number of carbonyl (C=O) groups excluding carboxylic acids is 1.